The van der Waals surface area contributed by atoms with Gasteiger partial charge in [-0.25, -0.2) is 0 Å². The highest BCUT2D eigenvalue weighted by atomic mass is 16.6. The van der Waals surface area contributed by atoms with Crippen LogP contribution in [0.3, 0.4) is 0 Å². The Morgan fingerprint density at radius 2 is 1.84 bits per heavy atom. The van der Waals surface area contributed by atoms with E-state index in [4.69, 9.17) is 9.47 Å². The van der Waals surface area contributed by atoms with Gasteiger partial charge in [0.15, 0.2) is 17.3 Å². The molecule has 3 rings (SSSR count). The predicted octanol–water partition coefficient (Wildman–Crippen LogP) is 2.88. The van der Waals surface area contributed by atoms with E-state index in [9.17, 15) is 9.59 Å². The van der Waals surface area contributed by atoms with Gasteiger partial charge in [-0.05, 0) is 44.0 Å². The normalized spacial score (nSPS) is 12.8. The number of aromatic amines is 1. The topological polar surface area (TPSA) is 71.6 Å². The molecular formula is C19H22N2O4. The summed E-state index contributed by atoms with van der Waals surface area (Å²) in [5.74, 6) is 1.24. The van der Waals surface area contributed by atoms with Crippen molar-refractivity contribution >= 4 is 11.7 Å². The number of H-pyrrole nitrogens is 1. The van der Waals surface area contributed by atoms with E-state index in [2.05, 4.69) is 4.98 Å². The number of rotatable bonds is 4. The van der Waals surface area contributed by atoms with Gasteiger partial charge in [0.25, 0.3) is 5.91 Å². The number of nitrogens with zero attached hydrogens (tertiary/aromatic N) is 1. The van der Waals surface area contributed by atoms with Crippen LogP contribution in [0.25, 0.3) is 0 Å². The van der Waals surface area contributed by atoms with Gasteiger partial charge in [-0.15, -0.1) is 0 Å². The summed E-state index contributed by atoms with van der Waals surface area (Å²) < 4.78 is 11.1. The average Bonchev–Trinajstić information content (AvgIpc) is 2.88. The first-order chi connectivity index (χ1) is 11.9. The summed E-state index contributed by atoms with van der Waals surface area (Å²) in [5.41, 5.74) is 3.43. The summed E-state index contributed by atoms with van der Waals surface area (Å²) in [6.07, 6.45) is 0. The van der Waals surface area contributed by atoms with Crippen LogP contribution in [-0.4, -0.2) is 41.8 Å². The molecule has 0 bridgehead atoms. The fourth-order valence-corrected chi connectivity index (χ4v) is 3.21. The number of nitrogens with one attached hydrogen (secondary N) is 1. The Morgan fingerprint density at radius 1 is 1.16 bits per heavy atom. The second kappa shape index (κ2) is 6.63. The van der Waals surface area contributed by atoms with E-state index in [1.807, 2.05) is 18.2 Å². The van der Waals surface area contributed by atoms with Crippen molar-refractivity contribution in [2.45, 2.75) is 27.3 Å². The highest BCUT2D eigenvalue weighted by Crippen LogP contribution is 2.31. The van der Waals surface area contributed by atoms with E-state index in [1.54, 1.807) is 25.8 Å². The fraction of sp³-hybridized carbons (Fsp3) is 0.368. The molecule has 0 atom stereocenters. The van der Waals surface area contributed by atoms with Crippen LogP contribution < -0.4 is 9.47 Å². The monoisotopic (exact) mass is 342 g/mol. The second-order valence-electron chi connectivity index (χ2n) is 6.32. The number of ketones is 1. The average molecular weight is 342 g/mol. The Bertz CT molecular complexity index is 838. The van der Waals surface area contributed by atoms with Gasteiger partial charge in [0, 0.05) is 24.8 Å². The molecule has 0 fully saturated rings. The summed E-state index contributed by atoms with van der Waals surface area (Å²) in [5, 5.41) is 0. The Balaban J connectivity index is 1.79. The van der Waals surface area contributed by atoms with Crippen LogP contribution in [-0.2, 0) is 6.54 Å². The van der Waals surface area contributed by atoms with Gasteiger partial charge >= 0.3 is 0 Å². The molecule has 1 N–H and O–H groups in total. The van der Waals surface area contributed by atoms with Crippen LogP contribution in [0.4, 0.5) is 0 Å². The highest BCUT2D eigenvalue weighted by Gasteiger charge is 2.22. The Morgan fingerprint density at radius 3 is 2.48 bits per heavy atom. The van der Waals surface area contributed by atoms with Crippen LogP contribution in [0.5, 0.6) is 11.5 Å². The number of carbonyl (C=O) groups is 2. The third-order valence-corrected chi connectivity index (χ3v) is 4.38. The number of aromatic nitrogens is 1. The largest absolute Gasteiger partial charge is 0.486 e. The van der Waals surface area contributed by atoms with Crippen LogP contribution >= 0.6 is 0 Å². The summed E-state index contributed by atoms with van der Waals surface area (Å²) in [7, 11) is 1.74. The van der Waals surface area contributed by atoms with Crippen molar-refractivity contribution in [1.29, 1.82) is 0 Å². The van der Waals surface area contributed by atoms with Gasteiger partial charge < -0.3 is 19.4 Å². The minimum absolute atomic E-state index is 0.0419. The van der Waals surface area contributed by atoms with Gasteiger partial charge in [-0.1, -0.05) is 6.07 Å². The van der Waals surface area contributed by atoms with E-state index in [0.29, 0.717) is 42.3 Å². The van der Waals surface area contributed by atoms with Crippen molar-refractivity contribution in [3.63, 3.8) is 0 Å². The van der Waals surface area contributed by atoms with Crippen LogP contribution in [0.2, 0.25) is 0 Å². The zero-order valence-electron chi connectivity index (χ0n) is 14.9. The van der Waals surface area contributed by atoms with Gasteiger partial charge in [-0.2, -0.15) is 0 Å². The van der Waals surface area contributed by atoms with Crippen LogP contribution in [0.15, 0.2) is 18.2 Å². The molecule has 2 aromatic rings. The van der Waals surface area contributed by atoms with Crippen molar-refractivity contribution in [3.05, 3.63) is 46.3 Å². The molecular weight excluding hydrogens is 320 g/mol. The SMILES string of the molecule is CC(=O)c1c(C)[nH]c(C(=O)N(C)Cc2ccc3c(c2)OCCO3)c1C. The number of hydrogen-bond donors (Lipinski definition) is 1. The molecule has 1 aromatic heterocycles. The number of fused-ring (bicyclic) bond motifs is 1. The zero-order chi connectivity index (χ0) is 18.1. The minimum Gasteiger partial charge on any atom is -0.486 e. The molecule has 0 spiro atoms. The zero-order valence-corrected chi connectivity index (χ0v) is 14.9. The van der Waals surface area contributed by atoms with Crippen molar-refractivity contribution in [3.8, 4) is 11.5 Å². The molecule has 0 radical (unpaired) electrons. The number of aryl methyl sites for hydroxylation is 1. The molecule has 1 aliphatic heterocycles. The molecule has 0 unspecified atom stereocenters. The third-order valence-electron chi connectivity index (χ3n) is 4.38. The van der Waals surface area contributed by atoms with Gasteiger partial charge in [0.05, 0.1) is 0 Å². The molecule has 6 nitrogen and oxygen atoms in total. The molecule has 0 saturated carbocycles. The van der Waals surface area contributed by atoms with Crippen LogP contribution in [0.1, 0.15) is 44.6 Å². The number of ether oxygens (including phenoxy) is 2. The predicted molar refractivity (Wildman–Crippen MR) is 93.5 cm³/mol. The summed E-state index contributed by atoms with van der Waals surface area (Å²) in [6, 6.07) is 5.68. The van der Waals surface area contributed by atoms with Gasteiger partial charge in [0.1, 0.15) is 18.9 Å². The molecule has 25 heavy (non-hydrogen) atoms. The Labute approximate surface area is 146 Å². The first-order valence-corrected chi connectivity index (χ1v) is 8.22. The lowest BCUT2D eigenvalue weighted by Gasteiger charge is -2.21. The Kier molecular flexibility index (Phi) is 4.53. The smallest absolute Gasteiger partial charge is 0.270 e. The van der Waals surface area contributed by atoms with Gasteiger partial charge in [0.2, 0.25) is 0 Å². The summed E-state index contributed by atoms with van der Waals surface area (Å²) in [6.45, 7) is 6.63. The van der Waals surface area contributed by atoms with Crippen LogP contribution in [0, 0.1) is 13.8 Å². The molecule has 1 aliphatic rings. The minimum atomic E-state index is -0.150. The summed E-state index contributed by atoms with van der Waals surface area (Å²) in [4.78, 5) is 29.2. The number of carbonyl (C=O) groups excluding carboxylic acids is 2. The van der Waals surface area contributed by atoms with E-state index in [1.165, 1.54) is 6.92 Å². The number of Topliss-reactive ketones (excluding diaryl/α,β-unsaturated/α-hetero) is 1. The first-order valence-electron chi connectivity index (χ1n) is 8.22. The number of amides is 1. The van der Waals surface area contributed by atoms with Gasteiger partial charge in [-0.3, -0.25) is 9.59 Å². The summed E-state index contributed by atoms with van der Waals surface area (Å²) >= 11 is 0. The molecule has 0 aliphatic carbocycles. The van der Waals surface area contributed by atoms with Crippen molar-refractivity contribution in [2.75, 3.05) is 20.3 Å². The Hall–Kier alpha value is -2.76. The number of hydrogen-bond acceptors (Lipinski definition) is 4. The van der Waals surface area contributed by atoms with E-state index in [-0.39, 0.29) is 11.7 Å². The van der Waals surface area contributed by atoms with E-state index >= 15 is 0 Å². The molecule has 2 heterocycles. The van der Waals surface area contributed by atoms with E-state index in [0.717, 1.165) is 17.0 Å². The second-order valence-corrected chi connectivity index (χ2v) is 6.32. The van der Waals surface area contributed by atoms with E-state index < -0.39 is 0 Å². The first kappa shape index (κ1) is 17.1. The number of benzene rings is 1. The molecule has 0 saturated heterocycles. The highest BCUT2D eigenvalue weighted by molar-refractivity contribution is 6.02. The fourth-order valence-electron chi connectivity index (χ4n) is 3.21. The molecule has 1 aromatic carbocycles. The van der Waals surface area contributed by atoms with Crippen molar-refractivity contribution < 1.29 is 19.1 Å². The maximum atomic E-state index is 12.8. The molecule has 6 heteroatoms. The lowest BCUT2D eigenvalue weighted by atomic mass is 10.1. The van der Waals surface area contributed by atoms with Crippen molar-refractivity contribution in [2.24, 2.45) is 0 Å². The maximum Gasteiger partial charge on any atom is 0.270 e. The third kappa shape index (κ3) is 3.24. The lowest BCUT2D eigenvalue weighted by Crippen LogP contribution is -2.27. The van der Waals surface area contributed by atoms with Crippen molar-refractivity contribution in [1.82, 2.24) is 9.88 Å². The maximum absolute atomic E-state index is 12.8. The molecule has 1 amide bonds. The standard InChI is InChI=1S/C19H22N2O4/c1-11-17(13(3)22)12(2)20-18(11)19(23)21(4)10-14-5-6-15-16(9-14)25-8-7-24-15/h5-6,9,20H,7-8,10H2,1-4H3. The quantitative estimate of drug-likeness (QED) is 0.867. The lowest BCUT2D eigenvalue weighted by molar-refractivity contribution is 0.0778. The molecule has 132 valence electrons.